The first-order valence-electron chi connectivity index (χ1n) is 6.56. The average molecular weight is 359 g/mol. The summed E-state index contributed by atoms with van der Waals surface area (Å²) in [4.78, 5) is 26.8. The molecule has 1 N–H and O–H groups in total. The van der Waals surface area contributed by atoms with Crippen LogP contribution in [-0.2, 0) is 19.1 Å². The lowest BCUT2D eigenvalue weighted by molar-refractivity contribution is -0.274. The van der Waals surface area contributed by atoms with E-state index in [1.54, 1.807) is 0 Å². The van der Waals surface area contributed by atoms with E-state index in [1.807, 2.05) is 0 Å². The molecule has 0 atom stereocenters. The molecule has 0 bridgehead atoms. The molecule has 1 aliphatic rings. The second-order valence-corrected chi connectivity index (χ2v) is 4.85. The number of methoxy groups -OCH3 is 2. The largest absolute Gasteiger partial charge is 0.505 e. The number of rotatable bonds is 6. The Balaban J connectivity index is 3.49. The lowest BCUT2D eigenvalue weighted by Crippen LogP contribution is -2.40. The van der Waals surface area contributed by atoms with Gasteiger partial charge in [-0.3, -0.25) is 9.79 Å². The van der Waals surface area contributed by atoms with Crippen LogP contribution in [0, 0.1) is 0 Å². The molecule has 6 nitrogen and oxygen atoms in total. The quantitative estimate of drug-likeness (QED) is 0.259. The number of hydrogen-bond acceptors (Lipinski definition) is 6. The minimum absolute atomic E-state index is 0.448. The van der Waals surface area contributed by atoms with Crippen molar-refractivity contribution >= 4 is 17.7 Å². The molecular weight excluding hydrogens is 345 g/mol. The Morgan fingerprint density at radius 3 is 2.04 bits per heavy atom. The molecule has 1 aliphatic carbocycles. The molecule has 0 aromatic rings. The van der Waals surface area contributed by atoms with Crippen LogP contribution in [0.1, 0.15) is 19.3 Å². The summed E-state index contributed by atoms with van der Waals surface area (Å²) in [5, 5.41) is 9.44. The van der Waals surface area contributed by atoms with E-state index in [1.165, 1.54) is 0 Å². The van der Waals surface area contributed by atoms with E-state index in [-0.39, 0.29) is 0 Å². The van der Waals surface area contributed by atoms with E-state index in [0.29, 0.717) is 20.0 Å². The number of carbonyl (C=O) groups excluding carboxylic acids is 2. The third-order valence-corrected chi connectivity index (χ3v) is 2.99. The zero-order valence-electron chi connectivity index (χ0n) is 12.6. The van der Waals surface area contributed by atoms with E-state index >= 15 is 0 Å². The van der Waals surface area contributed by atoms with Crippen LogP contribution in [0.3, 0.4) is 0 Å². The van der Waals surface area contributed by atoms with Gasteiger partial charge in [0.25, 0.3) is 0 Å². The third-order valence-electron chi connectivity index (χ3n) is 2.99. The summed E-state index contributed by atoms with van der Waals surface area (Å²) in [6, 6.07) is -0.448. The molecule has 0 spiro atoms. The lowest BCUT2D eigenvalue weighted by Gasteiger charge is -2.21. The summed E-state index contributed by atoms with van der Waals surface area (Å²) >= 11 is 0. The molecule has 0 unspecified atom stereocenters. The van der Waals surface area contributed by atoms with E-state index < -0.39 is 53.5 Å². The van der Waals surface area contributed by atoms with E-state index in [4.69, 9.17) is 0 Å². The molecule has 1 saturated carbocycles. The van der Waals surface area contributed by atoms with E-state index in [2.05, 4.69) is 14.5 Å². The number of nitrogens with zero attached hydrogens (tertiary/aromatic N) is 1. The SMILES string of the molecule is COC(=O)CC(=NC1CC1)/C(C(=O)OC)=C(\O)C(F)(F)C(F)(F)F. The normalized spacial score (nSPS) is 17.2. The minimum Gasteiger partial charge on any atom is -0.505 e. The highest BCUT2D eigenvalue weighted by Crippen LogP contribution is 2.41. The highest BCUT2D eigenvalue weighted by Gasteiger charge is 2.62. The Labute approximate surface area is 132 Å². The maximum Gasteiger partial charge on any atom is 0.461 e. The number of allylic oxidation sites excluding steroid dienone is 1. The maximum absolute atomic E-state index is 13.4. The van der Waals surface area contributed by atoms with Crippen LogP contribution < -0.4 is 0 Å². The third kappa shape index (κ3) is 4.42. The van der Waals surface area contributed by atoms with Crippen LogP contribution in [-0.4, -0.2) is 55.1 Å². The average Bonchev–Trinajstić information content (AvgIpc) is 3.29. The van der Waals surface area contributed by atoms with Crippen LogP contribution in [0.15, 0.2) is 16.3 Å². The highest BCUT2D eigenvalue weighted by atomic mass is 19.4. The monoisotopic (exact) mass is 359 g/mol. The van der Waals surface area contributed by atoms with Gasteiger partial charge in [0, 0.05) is 0 Å². The van der Waals surface area contributed by atoms with Gasteiger partial charge < -0.3 is 14.6 Å². The first-order chi connectivity index (χ1) is 11.0. The van der Waals surface area contributed by atoms with Gasteiger partial charge in [-0.2, -0.15) is 22.0 Å². The van der Waals surface area contributed by atoms with Crippen molar-refractivity contribution in [3.63, 3.8) is 0 Å². The smallest absolute Gasteiger partial charge is 0.461 e. The standard InChI is InChI=1S/C13H14F5NO5/c1-23-8(20)5-7(19-6-3-4-6)9(11(22)24-2)10(21)12(14,15)13(16,17)18/h6,21H,3-5H2,1-2H3/b10-9+,19-7?. The molecule has 0 aromatic carbocycles. The zero-order chi connectivity index (χ0) is 18.7. The summed E-state index contributed by atoms with van der Waals surface area (Å²) in [6.45, 7) is 0. The Morgan fingerprint density at radius 1 is 1.12 bits per heavy atom. The predicted octanol–water partition coefficient (Wildman–Crippen LogP) is 2.34. The second kappa shape index (κ2) is 7.14. The maximum atomic E-state index is 13.4. The summed E-state index contributed by atoms with van der Waals surface area (Å²) in [7, 11) is 1.66. The Morgan fingerprint density at radius 2 is 1.67 bits per heavy atom. The van der Waals surface area contributed by atoms with Crippen LogP contribution in [0.5, 0.6) is 0 Å². The van der Waals surface area contributed by atoms with Crippen molar-refractivity contribution in [2.24, 2.45) is 4.99 Å². The van der Waals surface area contributed by atoms with Gasteiger partial charge in [0.1, 0.15) is 5.57 Å². The highest BCUT2D eigenvalue weighted by molar-refractivity contribution is 6.24. The summed E-state index contributed by atoms with van der Waals surface area (Å²) in [5.41, 5.74) is -2.25. The lowest BCUT2D eigenvalue weighted by atomic mass is 10.0. The van der Waals surface area contributed by atoms with E-state index in [0.717, 1.165) is 7.11 Å². The number of esters is 2. The molecule has 0 radical (unpaired) electrons. The van der Waals surface area contributed by atoms with Gasteiger partial charge in [-0.15, -0.1) is 0 Å². The van der Waals surface area contributed by atoms with Gasteiger partial charge >= 0.3 is 24.0 Å². The predicted molar refractivity (Wildman–Crippen MR) is 69.8 cm³/mol. The number of halogens is 5. The first kappa shape index (κ1) is 19.8. The van der Waals surface area contributed by atoms with Crippen molar-refractivity contribution in [3.05, 3.63) is 11.3 Å². The van der Waals surface area contributed by atoms with Crippen LogP contribution in [0.2, 0.25) is 0 Å². The number of hydrogen-bond donors (Lipinski definition) is 1. The van der Waals surface area contributed by atoms with Gasteiger partial charge in [0.15, 0.2) is 5.76 Å². The number of alkyl halides is 5. The van der Waals surface area contributed by atoms with Crippen LogP contribution in [0.25, 0.3) is 0 Å². The van der Waals surface area contributed by atoms with Crippen LogP contribution in [0.4, 0.5) is 22.0 Å². The zero-order valence-corrected chi connectivity index (χ0v) is 12.6. The van der Waals surface area contributed by atoms with Crippen molar-refractivity contribution in [1.29, 1.82) is 0 Å². The molecule has 0 aliphatic heterocycles. The van der Waals surface area contributed by atoms with Crippen molar-refractivity contribution < 1.29 is 46.1 Å². The number of carbonyl (C=O) groups is 2. The van der Waals surface area contributed by atoms with Gasteiger partial charge in [0.2, 0.25) is 0 Å². The second-order valence-electron chi connectivity index (χ2n) is 4.85. The van der Waals surface area contributed by atoms with Gasteiger partial charge in [-0.25, -0.2) is 4.79 Å². The number of aliphatic imine (C=N–C) groups is 1. The molecule has 11 heteroatoms. The van der Waals surface area contributed by atoms with Crippen LogP contribution >= 0.6 is 0 Å². The Kier molecular flexibility index (Phi) is 5.90. The van der Waals surface area contributed by atoms with Crippen molar-refractivity contribution in [2.75, 3.05) is 14.2 Å². The number of aliphatic hydroxyl groups excluding tert-OH is 1. The molecule has 0 heterocycles. The van der Waals surface area contributed by atoms with E-state index in [9.17, 15) is 36.6 Å². The molecule has 136 valence electrons. The fraction of sp³-hybridized carbons (Fsp3) is 0.615. The topological polar surface area (TPSA) is 85.2 Å². The minimum atomic E-state index is -6.16. The molecule has 0 aromatic heterocycles. The van der Waals surface area contributed by atoms with Crippen molar-refractivity contribution in [3.8, 4) is 0 Å². The van der Waals surface area contributed by atoms with Crippen molar-refractivity contribution in [1.82, 2.24) is 0 Å². The molecule has 0 amide bonds. The summed E-state index contributed by atoms with van der Waals surface area (Å²) in [6.07, 6.45) is -6.05. The summed E-state index contributed by atoms with van der Waals surface area (Å²) < 4.78 is 72.6. The molecule has 1 fully saturated rings. The first-order valence-corrected chi connectivity index (χ1v) is 6.56. The van der Waals surface area contributed by atoms with Crippen molar-refractivity contribution in [2.45, 2.75) is 37.4 Å². The number of aliphatic hydroxyl groups is 1. The summed E-state index contributed by atoms with van der Waals surface area (Å²) in [5.74, 6) is -11.0. The van der Waals surface area contributed by atoms with Gasteiger partial charge in [0.05, 0.1) is 32.4 Å². The Hall–Kier alpha value is -2.20. The van der Waals surface area contributed by atoms with Gasteiger partial charge in [-0.1, -0.05) is 0 Å². The molecule has 0 saturated heterocycles. The fourth-order valence-electron chi connectivity index (χ4n) is 1.58. The van der Waals surface area contributed by atoms with Gasteiger partial charge in [-0.05, 0) is 12.8 Å². The Bertz CT molecular complexity index is 578. The molecule has 24 heavy (non-hydrogen) atoms. The number of ether oxygens (including phenoxy) is 2. The molecular formula is C13H14F5NO5. The fourth-order valence-corrected chi connectivity index (χ4v) is 1.58. The molecule has 1 rings (SSSR count).